The van der Waals surface area contributed by atoms with Gasteiger partial charge in [0.25, 0.3) is 0 Å². The number of aromatic carboxylic acids is 1. The van der Waals surface area contributed by atoms with Gasteiger partial charge in [0.1, 0.15) is 5.82 Å². The molecule has 0 aliphatic carbocycles. The van der Waals surface area contributed by atoms with Gasteiger partial charge in [-0.05, 0) is 44.0 Å². The van der Waals surface area contributed by atoms with Gasteiger partial charge < -0.3 is 15.2 Å². The minimum atomic E-state index is -1.04. The molecule has 0 saturated heterocycles. The highest BCUT2D eigenvalue weighted by Gasteiger charge is 2.07. The van der Waals surface area contributed by atoms with Crippen LogP contribution in [0.2, 0.25) is 0 Å². The van der Waals surface area contributed by atoms with E-state index in [1.54, 1.807) is 7.11 Å². The third-order valence-corrected chi connectivity index (χ3v) is 2.81. The van der Waals surface area contributed by atoms with Crippen molar-refractivity contribution in [3.8, 4) is 0 Å². The van der Waals surface area contributed by atoms with E-state index in [4.69, 9.17) is 9.84 Å². The average Bonchev–Trinajstić information content (AvgIpc) is 2.39. The quantitative estimate of drug-likeness (QED) is 0.676. The zero-order valence-corrected chi connectivity index (χ0v) is 11.1. The molecule has 0 amide bonds. The molecule has 4 nitrogen and oxygen atoms in total. The summed E-state index contributed by atoms with van der Waals surface area (Å²) in [6.07, 6.45) is 3.06. The Morgan fingerprint density at radius 3 is 2.84 bits per heavy atom. The smallest absolute Gasteiger partial charge is 0.335 e. The highest BCUT2D eigenvalue weighted by atomic mass is 19.1. The fourth-order valence-electron chi connectivity index (χ4n) is 1.74. The normalized spacial score (nSPS) is 10.6. The number of hydrogen-bond donors (Lipinski definition) is 2. The maximum absolute atomic E-state index is 13.5. The third kappa shape index (κ3) is 5.81. The van der Waals surface area contributed by atoms with Crippen molar-refractivity contribution in [3.63, 3.8) is 0 Å². The number of ether oxygens (including phenoxy) is 1. The number of unbranched alkanes of at least 4 members (excludes halogenated alkanes) is 2. The molecule has 0 unspecified atom stereocenters. The van der Waals surface area contributed by atoms with Crippen molar-refractivity contribution in [2.75, 3.05) is 20.3 Å². The molecule has 0 radical (unpaired) electrons. The lowest BCUT2D eigenvalue weighted by Crippen LogP contribution is -2.16. The molecule has 0 saturated carbocycles. The first-order valence-electron chi connectivity index (χ1n) is 6.36. The van der Waals surface area contributed by atoms with Crippen molar-refractivity contribution in [2.24, 2.45) is 0 Å². The van der Waals surface area contributed by atoms with Gasteiger partial charge in [0.2, 0.25) is 0 Å². The van der Waals surface area contributed by atoms with E-state index in [2.05, 4.69) is 5.32 Å². The molecule has 19 heavy (non-hydrogen) atoms. The maximum atomic E-state index is 13.5. The molecule has 2 N–H and O–H groups in total. The molecule has 5 heteroatoms. The molecule has 0 aromatic heterocycles. The van der Waals surface area contributed by atoms with Gasteiger partial charge in [0, 0.05) is 25.8 Å². The van der Waals surface area contributed by atoms with Crippen molar-refractivity contribution < 1.29 is 19.0 Å². The second-order valence-electron chi connectivity index (χ2n) is 4.34. The summed E-state index contributed by atoms with van der Waals surface area (Å²) in [5, 5.41) is 11.9. The number of carboxylic acids is 1. The van der Waals surface area contributed by atoms with E-state index >= 15 is 0 Å². The Kier molecular flexibility index (Phi) is 7.07. The summed E-state index contributed by atoms with van der Waals surface area (Å²) >= 11 is 0. The number of benzene rings is 1. The van der Waals surface area contributed by atoms with Crippen molar-refractivity contribution >= 4 is 5.97 Å². The molecule has 0 atom stereocenters. The number of methoxy groups -OCH3 is 1. The van der Waals surface area contributed by atoms with Crippen LogP contribution in [0.1, 0.15) is 35.2 Å². The minimum Gasteiger partial charge on any atom is -0.478 e. The zero-order chi connectivity index (χ0) is 14.1. The van der Waals surface area contributed by atoms with Crippen molar-refractivity contribution in [1.29, 1.82) is 0 Å². The number of carbonyl (C=O) groups is 1. The molecule has 1 aromatic carbocycles. The van der Waals surface area contributed by atoms with Crippen LogP contribution in [-0.4, -0.2) is 31.3 Å². The van der Waals surface area contributed by atoms with Crippen LogP contribution in [0.25, 0.3) is 0 Å². The number of hydrogen-bond acceptors (Lipinski definition) is 3. The summed E-state index contributed by atoms with van der Waals surface area (Å²) in [4.78, 5) is 10.8. The van der Waals surface area contributed by atoms with Gasteiger partial charge in [0.15, 0.2) is 0 Å². The first-order chi connectivity index (χ1) is 9.15. The second-order valence-corrected chi connectivity index (χ2v) is 4.34. The van der Waals surface area contributed by atoms with Crippen LogP contribution in [0, 0.1) is 5.82 Å². The SMILES string of the molecule is COCCCCCNCc1cc(C(=O)O)ccc1F. The van der Waals surface area contributed by atoms with E-state index in [1.165, 1.54) is 18.2 Å². The molecule has 0 heterocycles. The Morgan fingerprint density at radius 1 is 1.37 bits per heavy atom. The number of halogens is 1. The van der Waals surface area contributed by atoms with Crippen LogP contribution in [0.3, 0.4) is 0 Å². The van der Waals surface area contributed by atoms with Crippen molar-refractivity contribution in [3.05, 3.63) is 35.1 Å². The van der Waals surface area contributed by atoms with Crippen LogP contribution in [0.5, 0.6) is 0 Å². The lowest BCUT2D eigenvalue weighted by Gasteiger charge is -2.07. The Labute approximate surface area is 112 Å². The van der Waals surface area contributed by atoms with Gasteiger partial charge in [-0.25, -0.2) is 9.18 Å². The first-order valence-corrected chi connectivity index (χ1v) is 6.36. The minimum absolute atomic E-state index is 0.110. The molecule has 1 rings (SSSR count). The third-order valence-electron chi connectivity index (χ3n) is 2.81. The average molecular weight is 269 g/mol. The van der Waals surface area contributed by atoms with E-state index < -0.39 is 5.97 Å². The predicted octanol–water partition coefficient (Wildman–Crippen LogP) is 2.43. The Morgan fingerprint density at radius 2 is 2.16 bits per heavy atom. The van der Waals surface area contributed by atoms with Gasteiger partial charge >= 0.3 is 5.97 Å². The summed E-state index contributed by atoms with van der Waals surface area (Å²) in [5.41, 5.74) is 0.495. The largest absolute Gasteiger partial charge is 0.478 e. The van der Waals surface area contributed by atoms with Crippen LogP contribution < -0.4 is 5.32 Å². The number of carboxylic acid groups (broad SMARTS) is 1. The lowest BCUT2D eigenvalue weighted by atomic mass is 10.1. The summed E-state index contributed by atoms with van der Waals surface area (Å²) in [6, 6.07) is 3.83. The van der Waals surface area contributed by atoms with Crippen molar-refractivity contribution in [1.82, 2.24) is 5.32 Å². The molecule has 0 aliphatic heterocycles. The van der Waals surface area contributed by atoms with Crippen LogP contribution in [-0.2, 0) is 11.3 Å². The molecule has 1 aromatic rings. The number of rotatable bonds is 9. The van der Waals surface area contributed by atoms with Gasteiger partial charge in [0.05, 0.1) is 5.56 Å². The molecular formula is C14H20FNO3. The van der Waals surface area contributed by atoms with E-state index in [9.17, 15) is 9.18 Å². The Bertz CT molecular complexity index is 410. The Balaban J connectivity index is 2.32. The molecule has 0 bridgehead atoms. The standard InChI is InChI=1S/C14H20FNO3/c1-19-8-4-2-3-7-16-10-12-9-11(14(17)18)5-6-13(12)15/h5-6,9,16H,2-4,7-8,10H2,1H3,(H,17,18). The molecule has 106 valence electrons. The van der Waals surface area contributed by atoms with E-state index in [0.29, 0.717) is 12.1 Å². The summed E-state index contributed by atoms with van der Waals surface area (Å²) in [7, 11) is 1.68. The lowest BCUT2D eigenvalue weighted by molar-refractivity contribution is 0.0696. The van der Waals surface area contributed by atoms with E-state index in [-0.39, 0.29) is 11.4 Å². The van der Waals surface area contributed by atoms with Crippen LogP contribution in [0.15, 0.2) is 18.2 Å². The zero-order valence-electron chi connectivity index (χ0n) is 11.1. The second kappa shape index (κ2) is 8.61. The fraction of sp³-hybridized carbons (Fsp3) is 0.500. The highest BCUT2D eigenvalue weighted by molar-refractivity contribution is 5.87. The highest BCUT2D eigenvalue weighted by Crippen LogP contribution is 2.10. The van der Waals surface area contributed by atoms with Crippen LogP contribution >= 0.6 is 0 Å². The fourth-order valence-corrected chi connectivity index (χ4v) is 1.74. The number of nitrogens with one attached hydrogen (secondary N) is 1. The van der Waals surface area contributed by atoms with E-state index in [1.807, 2.05) is 0 Å². The molecule has 0 fully saturated rings. The topological polar surface area (TPSA) is 58.6 Å². The molecule has 0 aliphatic rings. The van der Waals surface area contributed by atoms with E-state index in [0.717, 1.165) is 32.4 Å². The maximum Gasteiger partial charge on any atom is 0.335 e. The predicted molar refractivity (Wildman–Crippen MR) is 70.8 cm³/mol. The molecule has 0 spiro atoms. The monoisotopic (exact) mass is 269 g/mol. The van der Waals surface area contributed by atoms with Gasteiger partial charge in [-0.15, -0.1) is 0 Å². The Hall–Kier alpha value is -1.46. The van der Waals surface area contributed by atoms with Gasteiger partial charge in [-0.3, -0.25) is 0 Å². The summed E-state index contributed by atoms with van der Waals surface area (Å²) in [6.45, 7) is 1.88. The summed E-state index contributed by atoms with van der Waals surface area (Å²) < 4.78 is 18.4. The van der Waals surface area contributed by atoms with Gasteiger partial charge in [-0.1, -0.05) is 0 Å². The first kappa shape index (κ1) is 15.6. The van der Waals surface area contributed by atoms with Gasteiger partial charge in [-0.2, -0.15) is 0 Å². The summed E-state index contributed by atoms with van der Waals surface area (Å²) in [5.74, 6) is -1.42. The van der Waals surface area contributed by atoms with Crippen molar-refractivity contribution in [2.45, 2.75) is 25.8 Å². The molecular weight excluding hydrogens is 249 g/mol. The van der Waals surface area contributed by atoms with Crippen LogP contribution in [0.4, 0.5) is 4.39 Å².